The van der Waals surface area contributed by atoms with Gasteiger partial charge < -0.3 is 4.90 Å². The van der Waals surface area contributed by atoms with E-state index in [4.69, 9.17) is 0 Å². The molecule has 0 saturated carbocycles. The number of nitrogens with zero attached hydrogens (tertiary/aromatic N) is 3. The third-order valence-corrected chi connectivity index (χ3v) is 4.32. The standard InChI is InChI=1S/C14H29N3/c1-14(2)17-12-10-16(11-13-17)9-8-15-6-4-3-5-7-15/h14H,3-13H2,1-2H3. The van der Waals surface area contributed by atoms with Gasteiger partial charge in [-0.3, -0.25) is 9.80 Å². The van der Waals surface area contributed by atoms with E-state index in [2.05, 4.69) is 28.5 Å². The number of hydrogen-bond donors (Lipinski definition) is 0. The second-order valence-corrected chi connectivity index (χ2v) is 5.87. The summed E-state index contributed by atoms with van der Waals surface area (Å²) in [5.74, 6) is 0. The van der Waals surface area contributed by atoms with Crippen molar-refractivity contribution >= 4 is 0 Å². The number of rotatable bonds is 4. The summed E-state index contributed by atoms with van der Waals surface area (Å²) >= 11 is 0. The van der Waals surface area contributed by atoms with Crippen LogP contribution >= 0.6 is 0 Å². The van der Waals surface area contributed by atoms with E-state index in [9.17, 15) is 0 Å². The van der Waals surface area contributed by atoms with Gasteiger partial charge in [-0.15, -0.1) is 0 Å². The second kappa shape index (κ2) is 6.72. The van der Waals surface area contributed by atoms with Crippen LogP contribution in [-0.4, -0.2) is 73.1 Å². The van der Waals surface area contributed by atoms with Crippen molar-refractivity contribution in [2.45, 2.75) is 39.2 Å². The molecular weight excluding hydrogens is 210 g/mol. The molecule has 2 saturated heterocycles. The summed E-state index contributed by atoms with van der Waals surface area (Å²) in [5, 5.41) is 0. The molecule has 2 aliphatic heterocycles. The molecule has 0 unspecified atom stereocenters. The number of likely N-dealkylation sites (tertiary alicyclic amines) is 1. The molecule has 0 N–H and O–H groups in total. The molecule has 0 spiro atoms. The Morgan fingerprint density at radius 1 is 0.706 bits per heavy atom. The highest BCUT2D eigenvalue weighted by Gasteiger charge is 2.19. The zero-order valence-electron chi connectivity index (χ0n) is 11.7. The van der Waals surface area contributed by atoms with E-state index in [0.29, 0.717) is 0 Å². The molecule has 0 amide bonds. The Morgan fingerprint density at radius 3 is 1.76 bits per heavy atom. The fourth-order valence-electron chi connectivity index (χ4n) is 2.97. The molecule has 2 aliphatic rings. The Kier molecular flexibility index (Phi) is 5.26. The van der Waals surface area contributed by atoms with Crippen LogP contribution in [0.3, 0.4) is 0 Å². The summed E-state index contributed by atoms with van der Waals surface area (Å²) in [6, 6.07) is 0.722. The summed E-state index contributed by atoms with van der Waals surface area (Å²) < 4.78 is 0. The van der Waals surface area contributed by atoms with E-state index >= 15 is 0 Å². The lowest BCUT2D eigenvalue weighted by Gasteiger charge is -2.38. The van der Waals surface area contributed by atoms with Crippen molar-refractivity contribution in [3.8, 4) is 0 Å². The molecule has 2 fully saturated rings. The normalized spacial score (nSPS) is 25.6. The second-order valence-electron chi connectivity index (χ2n) is 5.87. The highest BCUT2D eigenvalue weighted by Crippen LogP contribution is 2.09. The molecule has 0 radical (unpaired) electrons. The van der Waals surface area contributed by atoms with Crippen LogP contribution in [0.1, 0.15) is 33.1 Å². The van der Waals surface area contributed by atoms with Crippen LogP contribution < -0.4 is 0 Å². The summed E-state index contributed by atoms with van der Waals surface area (Å²) in [6.45, 7) is 14.9. The maximum absolute atomic E-state index is 2.65. The van der Waals surface area contributed by atoms with Crippen molar-refractivity contribution in [3.05, 3.63) is 0 Å². The van der Waals surface area contributed by atoms with Crippen molar-refractivity contribution in [2.24, 2.45) is 0 Å². The van der Waals surface area contributed by atoms with Crippen LogP contribution in [0.4, 0.5) is 0 Å². The van der Waals surface area contributed by atoms with Crippen molar-refractivity contribution < 1.29 is 0 Å². The Bertz CT molecular complexity index is 204. The van der Waals surface area contributed by atoms with E-state index in [1.54, 1.807) is 0 Å². The van der Waals surface area contributed by atoms with Crippen LogP contribution in [0.25, 0.3) is 0 Å². The van der Waals surface area contributed by atoms with Crippen LogP contribution in [0.2, 0.25) is 0 Å². The van der Waals surface area contributed by atoms with Crippen molar-refractivity contribution in [1.82, 2.24) is 14.7 Å². The van der Waals surface area contributed by atoms with E-state index in [1.807, 2.05) is 0 Å². The molecular formula is C14H29N3. The monoisotopic (exact) mass is 239 g/mol. The molecule has 0 aromatic rings. The molecule has 3 nitrogen and oxygen atoms in total. The molecule has 2 rings (SSSR count). The predicted octanol–water partition coefficient (Wildman–Crippen LogP) is 1.50. The van der Waals surface area contributed by atoms with Gasteiger partial charge in [-0.05, 0) is 39.8 Å². The van der Waals surface area contributed by atoms with Crippen molar-refractivity contribution in [3.63, 3.8) is 0 Å². The van der Waals surface area contributed by atoms with Crippen LogP contribution in [0.15, 0.2) is 0 Å². The molecule has 0 bridgehead atoms. The Morgan fingerprint density at radius 2 is 1.24 bits per heavy atom. The van der Waals surface area contributed by atoms with E-state index in [-0.39, 0.29) is 0 Å². The molecule has 2 heterocycles. The fourth-order valence-corrected chi connectivity index (χ4v) is 2.97. The van der Waals surface area contributed by atoms with Crippen molar-refractivity contribution in [1.29, 1.82) is 0 Å². The molecule has 0 aliphatic carbocycles. The molecule has 0 aromatic heterocycles. The van der Waals surface area contributed by atoms with Crippen molar-refractivity contribution in [2.75, 3.05) is 52.4 Å². The van der Waals surface area contributed by atoms with E-state index in [1.165, 1.54) is 71.6 Å². The highest BCUT2D eigenvalue weighted by atomic mass is 15.3. The predicted molar refractivity (Wildman–Crippen MR) is 73.4 cm³/mol. The van der Waals surface area contributed by atoms with Crippen LogP contribution in [0, 0.1) is 0 Å². The molecule has 0 atom stereocenters. The summed E-state index contributed by atoms with van der Waals surface area (Å²) in [5.41, 5.74) is 0. The fraction of sp³-hybridized carbons (Fsp3) is 1.00. The molecule has 3 heteroatoms. The highest BCUT2D eigenvalue weighted by molar-refractivity contribution is 4.75. The van der Waals surface area contributed by atoms with Gasteiger partial charge in [0.05, 0.1) is 0 Å². The van der Waals surface area contributed by atoms with Gasteiger partial charge in [0.1, 0.15) is 0 Å². The average molecular weight is 239 g/mol. The van der Waals surface area contributed by atoms with Gasteiger partial charge >= 0.3 is 0 Å². The van der Waals surface area contributed by atoms with Gasteiger partial charge in [-0.2, -0.15) is 0 Å². The third kappa shape index (κ3) is 4.23. The quantitative estimate of drug-likeness (QED) is 0.736. The molecule has 17 heavy (non-hydrogen) atoms. The zero-order valence-corrected chi connectivity index (χ0v) is 11.7. The Balaban J connectivity index is 1.61. The minimum atomic E-state index is 0.722. The number of hydrogen-bond acceptors (Lipinski definition) is 3. The van der Waals surface area contributed by atoms with Gasteiger partial charge in [0, 0.05) is 45.3 Å². The first-order valence-corrected chi connectivity index (χ1v) is 7.44. The lowest BCUT2D eigenvalue weighted by atomic mass is 10.1. The summed E-state index contributed by atoms with van der Waals surface area (Å²) in [7, 11) is 0. The minimum Gasteiger partial charge on any atom is -0.302 e. The average Bonchev–Trinajstić information content (AvgIpc) is 2.38. The van der Waals surface area contributed by atoms with Gasteiger partial charge in [0.15, 0.2) is 0 Å². The SMILES string of the molecule is CC(C)N1CCN(CCN2CCCCC2)CC1. The topological polar surface area (TPSA) is 9.72 Å². The van der Waals surface area contributed by atoms with E-state index in [0.717, 1.165) is 6.04 Å². The maximum Gasteiger partial charge on any atom is 0.0113 e. The number of piperidine rings is 1. The van der Waals surface area contributed by atoms with Gasteiger partial charge in [0.25, 0.3) is 0 Å². The summed E-state index contributed by atoms with van der Waals surface area (Å²) in [4.78, 5) is 7.89. The maximum atomic E-state index is 2.65. The minimum absolute atomic E-state index is 0.722. The number of piperazine rings is 1. The first-order chi connectivity index (χ1) is 8.25. The largest absolute Gasteiger partial charge is 0.302 e. The van der Waals surface area contributed by atoms with Gasteiger partial charge in [-0.1, -0.05) is 6.42 Å². The van der Waals surface area contributed by atoms with Crippen LogP contribution in [0.5, 0.6) is 0 Å². The van der Waals surface area contributed by atoms with E-state index < -0.39 is 0 Å². The lowest BCUT2D eigenvalue weighted by Crippen LogP contribution is -2.50. The Labute approximate surface area is 107 Å². The Hall–Kier alpha value is -0.120. The van der Waals surface area contributed by atoms with Crippen LogP contribution in [-0.2, 0) is 0 Å². The zero-order chi connectivity index (χ0) is 12.1. The smallest absolute Gasteiger partial charge is 0.0113 e. The van der Waals surface area contributed by atoms with Gasteiger partial charge in [0.2, 0.25) is 0 Å². The lowest BCUT2D eigenvalue weighted by molar-refractivity contribution is 0.0956. The molecule has 0 aromatic carbocycles. The first kappa shape index (κ1) is 13.3. The molecule has 100 valence electrons. The summed E-state index contributed by atoms with van der Waals surface area (Å²) in [6.07, 6.45) is 4.28. The van der Waals surface area contributed by atoms with Gasteiger partial charge in [-0.25, -0.2) is 0 Å². The third-order valence-electron chi connectivity index (χ3n) is 4.32. The first-order valence-electron chi connectivity index (χ1n) is 7.44.